The fourth-order valence-corrected chi connectivity index (χ4v) is 2.30. The van der Waals surface area contributed by atoms with Crippen molar-refractivity contribution in [3.05, 3.63) is 12.4 Å². The van der Waals surface area contributed by atoms with E-state index in [1.54, 1.807) is 6.33 Å². The van der Waals surface area contributed by atoms with Gasteiger partial charge in [0.15, 0.2) is 0 Å². The van der Waals surface area contributed by atoms with E-state index in [9.17, 15) is 0 Å². The maximum atomic E-state index is 4.26. The summed E-state index contributed by atoms with van der Waals surface area (Å²) in [5, 5.41) is 10.3. The summed E-state index contributed by atoms with van der Waals surface area (Å²) in [6.07, 6.45) is 8.04. The summed E-state index contributed by atoms with van der Waals surface area (Å²) in [5.41, 5.74) is 0. The molecule has 1 atom stereocenters. The predicted molar refractivity (Wildman–Crippen MR) is 72.8 cm³/mol. The van der Waals surface area contributed by atoms with Gasteiger partial charge in [0.25, 0.3) is 0 Å². The van der Waals surface area contributed by atoms with Crippen molar-refractivity contribution in [2.45, 2.75) is 44.2 Å². The van der Waals surface area contributed by atoms with Crippen molar-refractivity contribution in [2.24, 2.45) is 0 Å². The van der Waals surface area contributed by atoms with Gasteiger partial charge in [-0.3, -0.25) is 0 Å². The Bertz CT molecular complexity index is 385. The van der Waals surface area contributed by atoms with Crippen molar-refractivity contribution in [1.29, 1.82) is 0 Å². The number of anilines is 2. The fourth-order valence-electron chi connectivity index (χ4n) is 2.30. The molecule has 2 fully saturated rings. The molecule has 1 saturated carbocycles. The first-order valence-electron chi connectivity index (χ1n) is 6.96. The Morgan fingerprint density at radius 3 is 2.83 bits per heavy atom. The zero-order chi connectivity index (χ0) is 12.2. The lowest BCUT2D eigenvalue weighted by Gasteiger charge is -2.23. The van der Waals surface area contributed by atoms with Gasteiger partial charge in [-0.15, -0.1) is 0 Å². The van der Waals surface area contributed by atoms with Crippen LogP contribution < -0.4 is 16.0 Å². The van der Waals surface area contributed by atoms with Gasteiger partial charge in [0.05, 0.1) is 0 Å². The van der Waals surface area contributed by atoms with Crippen molar-refractivity contribution in [3.63, 3.8) is 0 Å². The molecule has 2 aliphatic rings. The van der Waals surface area contributed by atoms with E-state index in [1.807, 2.05) is 6.07 Å². The molecule has 1 aromatic heterocycles. The number of nitrogens with zero attached hydrogens (tertiary/aromatic N) is 2. The first kappa shape index (κ1) is 11.7. The van der Waals surface area contributed by atoms with Gasteiger partial charge in [-0.05, 0) is 32.2 Å². The van der Waals surface area contributed by atoms with Crippen molar-refractivity contribution in [3.8, 4) is 0 Å². The highest BCUT2D eigenvalue weighted by atomic mass is 15.1. The molecule has 1 saturated heterocycles. The van der Waals surface area contributed by atoms with Gasteiger partial charge in [-0.2, -0.15) is 0 Å². The second-order valence-electron chi connectivity index (χ2n) is 5.23. The highest BCUT2D eigenvalue weighted by Gasteiger charge is 2.21. The van der Waals surface area contributed by atoms with E-state index in [2.05, 4.69) is 25.9 Å². The second-order valence-corrected chi connectivity index (χ2v) is 5.23. The van der Waals surface area contributed by atoms with Crippen LogP contribution in [0.3, 0.4) is 0 Å². The first-order valence-corrected chi connectivity index (χ1v) is 6.96. The van der Waals surface area contributed by atoms with Gasteiger partial charge in [-0.25, -0.2) is 9.97 Å². The van der Waals surface area contributed by atoms with Crippen LogP contribution in [0.15, 0.2) is 12.4 Å². The van der Waals surface area contributed by atoms with E-state index >= 15 is 0 Å². The Balaban J connectivity index is 1.51. The number of hydrogen-bond donors (Lipinski definition) is 3. The lowest BCUT2D eigenvalue weighted by Crippen LogP contribution is -2.39. The highest BCUT2D eigenvalue weighted by molar-refractivity contribution is 5.47. The minimum absolute atomic E-state index is 0.577. The van der Waals surface area contributed by atoms with Crippen LogP contribution in [0.5, 0.6) is 0 Å². The maximum absolute atomic E-state index is 4.26. The molecule has 18 heavy (non-hydrogen) atoms. The first-order chi connectivity index (χ1) is 8.90. The van der Waals surface area contributed by atoms with Crippen molar-refractivity contribution in [2.75, 3.05) is 23.7 Å². The van der Waals surface area contributed by atoms with E-state index in [4.69, 9.17) is 0 Å². The highest BCUT2D eigenvalue weighted by Crippen LogP contribution is 2.24. The van der Waals surface area contributed by atoms with Gasteiger partial charge >= 0.3 is 0 Å². The summed E-state index contributed by atoms with van der Waals surface area (Å²) in [6, 6.07) is 3.21. The predicted octanol–water partition coefficient (Wildman–Crippen LogP) is 1.60. The van der Waals surface area contributed by atoms with Crippen LogP contribution in [0.1, 0.15) is 32.1 Å². The number of aromatic nitrogens is 2. The summed E-state index contributed by atoms with van der Waals surface area (Å²) >= 11 is 0. The van der Waals surface area contributed by atoms with E-state index < -0.39 is 0 Å². The lowest BCUT2D eigenvalue weighted by molar-refractivity contribution is 0.414. The summed E-state index contributed by atoms with van der Waals surface area (Å²) < 4.78 is 0. The number of rotatable bonds is 5. The second kappa shape index (κ2) is 5.52. The van der Waals surface area contributed by atoms with E-state index in [0.29, 0.717) is 12.1 Å². The lowest BCUT2D eigenvalue weighted by atomic mass is 10.1. The number of hydrogen-bond acceptors (Lipinski definition) is 5. The molecule has 0 unspecified atom stereocenters. The van der Waals surface area contributed by atoms with Crippen LogP contribution in [0, 0.1) is 0 Å². The normalized spacial score (nSPS) is 23.7. The zero-order valence-corrected chi connectivity index (χ0v) is 10.7. The third-order valence-electron chi connectivity index (χ3n) is 3.54. The summed E-state index contributed by atoms with van der Waals surface area (Å²) in [6.45, 7) is 2.09. The van der Waals surface area contributed by atoms with Crippen LogP contribution in [-0.2, 0) is 0 Å². The number of piperidine rings is 1. The van der Waals surface area contributed by atoms with E-state index in [0.717, 1.165) is 24.7 Å². The molecule has 0 spiro atoms. The molecule has 3 N–H and O–H groups in total. The minimum atomic E-state index is 0.577. The smallest absolute Gasteiger partial charge is 0.131 e. The van der Waals surface area contributed by atoms with Crippen molar-refractivity contribution in [1.82, 2.24) is 15.3 Å². The van der Waals surface area contributed by atoms with Crippen LogP contribution in [0.25, 0.3) is 0 Å². The van der Waals surface area contributed by atoms with Crippen molar-refractivity contribution < 1.29 is 0 Å². The third-order valence-corrected chi connectivity index (χ3v) is 3.54. The average molecular weight is 247 g/mol. The van der Waals surface area contributed by atoms with Crippen LogP contribution in [0.4, 0.5) is 11.6 Å². The maximum Gasteiger partial charge on any atom is 0.131 e. The molecule has 0 amide bonds. The van der Waals surface area contributed by atoms with E-state index in [-0.39, 0.29) is 0 Å². The van der Waals surface area contributed by atoms with Crippen molar-refractivity contribution >= 4 is 11.6 Å². The molecule has 1 aliphatic carbocycles. The fraction of sp³-hybridized carbons (Fsp3) is 0.692. The standard InChI is InChI=1S/C13H21N5/c1-2-6-14-11(3-1)8-15-12-7-13(17-9-16-12)18-10-4-5-10/h7,9-11,14H,1-6,8H2,(H2,15,16,17,18)/t11-/m1/s1. The Morgan fingerprint density at radius 1 is 1.17 bits per heavy atom. The summed E-state index contributed by atoms with van der Waals surface area (Å²) in [5.74, 6) is 1.85. The Kier molecular flexibility index (Phi) is 3.59. The topological polar surface area (TPSA) is 61.9 Å². The Labute approximate surface area is 108 Å². The van der Waals surface area contributed by atoms with E-state index in [1.165, 1.54) is 32.1 Å². The summed E-state index contributed by atoms with van der Waals surface area (Å²) in [4.78, 5) is 8.50. The SMILES string of the molecule is c1nc(NC[C@H]2CCCCN2)cc(NC2CC2)n1. The number of nitrogens with one attached hydrogen (secondary N) is 3. The largest absolute Gasteiger partial charge is 0.368 e. The molecule has 0 radical (unpaired) electrons. The molecule has 1 aliphatic heterocycles. The van der Waals surface area contributed by atoms with Crippen LogP contribution in [0.2, 0.25) is 0 Å². The quantitative estimate of drug-likeness (QED) is 0.738. The molecule has 1 aromatic rings. The van der Waals surface area contributed by atoms with Crippen LogP contribution >= 0.6 is 0 Å². The monoisotopic (exact) mass is 247 g/mol. The van der Waals surface area contributed by atoms with Crippen LogP contribution in [-0.4, -0.2) is 35.1 Å². The van der Waals surface area contributed by atoms with Gasteiger partial charge in [0, 0.05) is 24.7 Å². The molecule has 2 heterocycles. The molecule has 3 rings (SSSR count). The molecule has 5 heteroatoms. The summed E-state index contributed by atoms with van der Waals surface area (Å²) in [7, 11) is 0. The molecule has 0 aromatic carbocycles. The molecule has 0 bridgehead atoms. The minimum Gasteiger partial charge on any atom is -0.368 e. The van der Waals surface area contributed by atoms with Gasteiger partial charge in [0.2, 0.25) is 0 Å². The van der Waals surface area contributed by atoms with Gasteiger partial charge in [-0.1, -0.05) is 6.42 Å². The van der Waals surface area contributed by atoms with Gasteiger partial charge < -0.3 is 16.0 Å². The molecular weight excluding hydrogens is 226 g/mol. The van der Waals surface area contributed by atoms with Gasteiger partial charge in [0.1, 0.15) is 18.0 Å². The Hall–Kier alpha value is -1.36. The Morgan fingerprint density at radius 2 is 2.06 bits per heavy atom. The molecule has 98 valence electrons. The average Bonchev–Trinajstić information content (AvgIpc) is 3.22. The molecular formula is C13H21N5. The molecule has 5 nitrogen and oxygen atoms in total. The zero-order valence-electron chi connectivity index (χ0n) is 10.7. The third kappa shape index (κ3) is 3.32.